The van der Waals surface area contributed by atoms with E-state index < -0.39 is 0 Å². The SMILES string of the molecule is Cc1ccc2c(Br)c(CNC(C)C)n(C)c2c1. The van der Waals surface area contributed by atoms with Crippen LogP contribution >= 0.6 is 15.9 Å². The molecule has 1 aromatic heterocycles. The van der Waals surface area contributed by atoms with Crippen molar-refractivity contribution >= 4 is 26.8 Å². The van der Waals surface area contributed by atoms with Gasteiger partial charge in [0.1, 0.15) is 0 Å². The Kier molecular flexibility index (Phi) is 3.59. The molecule has 17 heavy (non-hydrogen) atoms. The monoisotopic (exact) mass is 294 g/mol. The van der Waals surface area contributed by atoms with Gasteiger partial charge in [0.2, 0.25) is 0 Å². The van der Waals surface area contributed by atoms with E-state index in [1.54, 1.807) is 0 Å². The predicted molar refractivity (Wildman–Crippen MR) is 77.3 cm³/mol. The van der Waals surface area contributed by atoms with Gasteiger partial charge in [-0.05, 0) is 34.5 Å². The molecule has 92 valence electrons. The quantitative estimate of drug-likeness (QED) is 0.912. The van der Waals surface area contributed by atoms with Gasteiger partial charge in [0, 0.05) is 40.7 Å². The Morgan fingerprint density at radius 3 is 2.71 bits per heavy atom. The average Bonchev–Trinajstić information content (AvgIpc) is 2.49. The van der Waals surface area contributed by atoms with Gasteiger partial charge in [-0.25, -0.2) is 0 Å². The van der Waals surface area contributed by atoms with E-state index >= 15 is 0 Å². The van der Waals surface area contributed by atoms with Crippen molar-refractivity contribution in [2.24, 2.45) is 7.05 Å². The summed E-state index contributed by atoms with van der Waals surface area (Å²) in [6.45, 7) is 7.36. The normalized spacial score (nSPS) is 11.6. The summed E-state index contributed by atoms with van der Waals surface area (Å²) in [7, 11) is 2.13. The van der Waals surface area contributed by atoms with Crippen molar-refractivity contribution in [3.63, 3.8) is 0 Å². The van der Waals surface area contributed by atoms with E-state index in [4.69, 9.17) is 0 Å². The van der Waals surface area contributed by atoms with Gasteiger partial charge in [0.25, 0.3) is 0 Å². The Hall–Kier alpha value is -0.800. The van der Waals surface area contributed by atoms with Crippen LogP contribution < -0.4 is 5.32 Å². The molecule has 2 rings (SSSR count). The molecule has 0 amide bonds. The number of rotatable bonds is 3. The van der Waals surface area contributed by atoms with Gasteiger partial charge in [-0.2, -0.15) is 0 Å². The third kappa shape index (κ3) is 2.40. The Balaban J connectivity index is 2.49. The second-order valence-electron chi connectivity index (χ2n) is 4.88. The summed E-state index contributed by atoms with van der Waals surface area (Å²) < 4.78 is 3.48. The molecule has 0 atom stereocenters. The van der Waals surface area contributed by atoms with E-state index in [1.807, 2.05) is 0 Å². The Bertz CT molecular complexity index is 541. The van der Waals surface area contributed by atoms with Crippen molar-refractivity contribution in [1.82, 2.24) is 9.88 Å². The molecular weight excluding hydrogens is 276 g/mol. The smallest absolute Gasteiger partial charge is 0.0494 e. The van der Waals surface area contributed by atoms with Crippen LogP contribution in [-0.2, 0) is 13.6 Å². The lowest BCUT2D eigenvalue weighted by Gasteiger charge is -2.09. The lowest BCUT2D eigenvalue weighted by atomic mass is 10.2. The van der Waals surface area contributed by atoms with Gasteiger partial charge < -0.3 is 9.88 Å². The van der Waals surface area contributed by atoms with Crippen LogP contribution in [0, 0.1) is 6.92 Å². The summed E-state index contributed by atoms with van der Waals surface area (Å²) in [6.07, 6.45) is 0. The second kappa shape index (κ2) is 4.83. The van der Waals surface area contributed by atoms with Gasteiger partial charge in [0.05, 0.1) is 0 Å². The van der Waals surface area contributed by atoms with Crippen molar-refractivity contribution in [3.05, 3.63) is 33.9 Å². The zero-order valence-electron chi connectivity index (χ0n) is 10.8. The summed E-state index contributed by atoms with van der Waals surface area (Å²) in [5.41, 5.74) is 3.89. The lowest BCUT2D eigenvalue weighted by molar-refractivity contribution is 0.571. The molecule has 0 aliphatic rings. The zero-order chi connectivity index (χ0) is 12.6. The van der Waals surface area contributed by atoms with Gasteiger partial charge in [0.15, 0.2) is 0 Å². The number of halogens is 1. The van der Waals surface area contributed by atoms with E-state index in [0.29, 0.717) is 6.04 Å². The van der Waals surface area contributed by atoms with Crippen LogP contribution in [0.1, 0.15) is 25.1 Å². The van der Waals surface area contributed by atoms with Crippen molar-refractivity contribution < 1.29 is 0 Å². The number of nitrogens with zero attached hydrogens (tertiary/aromatic N) is 1. The summed E-state index contributed by atoms with van der Waals surface area (Å²) in [4.78, 5) is 0. The fourth-order valence-corrected chi connectivity index (χ4v) is 2.79. The maximum atomic E-state index is 3.72. The molecule has 3 heteroatoms. The number of aromatic nitrogens is 1. The third-order valence-electron chi connectivity index (χ3n) is 3.09. The lowest BCUT2D eigenvalue weighted by Crippen LogP contribution is -2.23. The van der Waals surface area contributed by atoms with Crippen LogP contribution in [-0.4, -0.2) is 10.6 Å². The summed E-state index contributed by atoms with van der Waals surface area (Å²) in [5.74, 6) is 0. The Morgan fingerprint density at radius 2 is 2.06 bits per heavy atom. The van der Waals surface area contributed by atoms with E-state index in [2.05, 4.69) is 71.8 Å². The molecule has 0 saturated carbocycles. The number of hydrogen-bond donors (Lipinski definition) is 1. The molecule has 1 heterocycles. The highest BCUT2D eigenvalue weighted by Gasteiger charge is 2.12. The number of hydrogen-bond acceptors (Lipinski definition) is 1. The topological polar surface area (TPSA) is 17.0 Å². The van der Waals surface area contributed by atoms with Crippen LogP contribution in [0.5, 0.6) is 0 Å². The van der Waals surface area contributed by atoms with E-state index in [1.165, 1.54) is 26.6 Å². The van der Waals surface area contributed by atoms with E-state index in [9.17, 15) is 0 Å². The third-order valence-corrected chi connectivity index (χ3v) is 3.97. The molecule has 2 nitrogen and oxygen atoms in total. The van der Waals surface area contributed by atoms with Crippen molar-refractivity contribution in [1.29, 1.82) is 0 Å². The van der Waals surface area contributed by atoms with Gasteiger partial charge in [-0.1, -0.05) is 26.0 Å². The number of aryl methyl sites for hydroxylation is 2. The number of benzene rings is 1. The van der Waals surface area contributed by atoms with Crippen molar-refractivity contribution in [2.75, 3.05) is 0 Å². The minimum atomic E-state index is 0.502. The Labute approximate surface area is 111 Å². The zero-order valence-corrected chi connectivity index (χ0v) is 12.4. The molecule has 1 N–H and O–H groups in total. The summed E-state index contributed by atoms with van der Waals surface area (Å²) >= 11 is 3.72. The molecule has 0 bridgehead atoms. The summed E-state index contributed by atoms with van der Waals surface area (Å²) in [6, 6.07) is 7.08. The first kappa shape index (κ1) is 12.7. The van der Waals surface area contributed by atoms with Crippen LogP contribution in [0.2, 0.25) is 0 Å². The molecule has 0 fully saturated rings. The fourth-order valence-electron chi connectivity index (χ4n) is 2.05. The average molecular weight is 295 g/mol. The molecule has 2 aromatic rings. The molecule has 0 saturated heterocycles. The van der Waals surface area contributed by atoms with Crippen molar-refractivity contribution in [2.45, 2.75) is 33.4 Å². The number of nitrogens with one attached hydrogen (secondary N) is 1. The van der Waals surface area contributed by atoms with Crippen LogP contribution in [0.4, 0.5) is 0 Å². The Morgan fingerprint density at radius 1 is 1.35 bits per heavy atom. The first-order chi connectivity index (χ1) is 8.00. The largest absolute Gasteiger partial charge is 0.345 e. The molecule has 0 aliphatic heterocycles. The fraction of sp³-hybridized carbons (Fsp3) is 0.429. The minimum Gasteiger partial charge on any atom is -0.345 e. The van der Waals surface area contributed by atoms with Crippen LogP contribution in [0.25, 0.3) is 10.9 Å². The first-order valence-corrected chi connectivity index (χ1v) is 6.76. The molecule has 0 unspecified atom stereocenters. The highest BCUT2D eigenvalue weighted by Crippen LogP contribution is 2.30. The number of fused-ring (bicyclic) bond motifs is 1. The molecule has 1 aromatic carbocycles. The highest BCUT2D eigenvalue weighted by atomic mass is 79.9. The van der Waals surface area contributed by atoms with Crippen LogP contribution in [0.3, 0.4) is 0 Å². The highest BCUT2D eigenvalue weighted by molar-refractivity contribution is 9.10. The van der Waals surface area contributed by atoms with E-state index in [0.717, 1.165) is 6.54 Å². The van der Waals surface area contributed by atoms with Gasteiger partial charge >= 0.3 is 0 Å². The minimum absolute atomic E-state index is 0.502. The van der Waals surface area contributed by atoms with Gasteiger partial charge in [-0.15, -0.1) is 0 Å². The molecule has 0 aliphatic carbocycles. The molecule has 0 radical (unpaired) electrons. The van der Waals surface area contributed by atoms with Gasteiger partial charge in [-0.3, -0.25) is 0 Å². The summed E-state index contributed by atoms with van der Waals surface area (Å²) in [5, 5.41) is 4.76. The second-order valence-corrected chi connectivity index (χ2v) is 5.67. The van der Waals surface area contributed by atoms with E-state index in [-0.39, 0.29) is 0 Å². The first-order valence-electron chi connectivity index (χ1n) is 5.97. The maximum Gasteiger partial charge on any atom is 0.0494 e. The van der Waals surface area contributed by atoms with Crippen molar-refractivity contribution in [3.8, 4) is 0 Å². The molecule has 0 spiro atoms. The van der Waals surface area contributed by atoms with Crippen LogP contribution in [0.15, 0.2) is 22.7 Å². The maximum absolute atomic E-state index is 3.72. The predicted octanol–water partition coefficient (Wildman–Crippen LogP) is 3.75. The molecular formula is C14H19BrN2. The standard InChI is InChI=1S/C14H19BrN2/c1-9(2)16-8-13-14(15)11-6-5-10(3)7-12(11)17(13)4/h5-7,9,16H,8H2,1-4H3.